The first kappa shape index (κ1) is 26.4. The molecule has 0 aliphatic carbocycles. The minimum Gasteiger partial charge on any atom is -0.505 e. The smallest absolute Gasteiger partial charge is 0.416 e. The molecule has 0 aromatic heterocycles. The van der Waals surface area contributed by atoms with E-state index in [1.165, 1.54) is 49.4 Å². The van der Waals surface area contributed by atoms with Crippen LogP contribution in [0.3, 0.4) is 0 Å². The van der Waals surface area contributed by atoms with E-state index in [2.05, 4.69) is 10.5 Å². The number of amides is 1. The molecular weight excluding hydrogens is 530 g/mol. The Kier molecular flexibility index (Phi) is 6.50. The fourth-order valence-electron chi connectivity index (χ4n) is 4.44. The molecule has 1 aliphatic heterocycles. The summed E-state index contributed by atoms with van der Waals surface area (Å²) >= 11 is 0. The Balaban J connectivity index is 1.54. The third-order valence-electron chi connectivity index (χ3n) is 6.39. The van der Waals surface area contributed by atoms with Gasteiger partial charge in [-0.05, 0) is 66.6 Å². The van der Waals surface area contributed by atoms with Gasteiger partial charge in [0.1, 0.15) is 11.6 Å². The van der Waals surface area contributed by atoms with Gasteiger partial charge in [0.25, 0.3) is 5.91 Å². The SMILES string of the molecule is Cc1ccc(N2C(=O)C(=NNc3cccc(-c4cccc(C(=O)O)c4)c3O)c3cc(F)ccc32)cc1C(F)(F)F. The number of carboxylic acids is 1. The Morgan fingerprint density at radius 1 is 0.950 bits per heavy atom. The highest BCUT2D eigenvalue weighted by Gasteiger charge is 2.38. The first-order valence-electron chi connectivity index (χ1n) is 11.8. The summed E-state index contributed by atoms with van der Waals surface area (Å²) in [6.07, 6.45) is -4.65. The summed E-state index contributed by atoms with van der Waals surface area (Å²) in [5.74, 6) is -2.95. The largest absolute Gasteiger partial charge is 0.505 e. The van der Waals surface area contributed by atoms with Crippen LogP contribution in [-0.2, 0) is 11.0 Å². The molecule has 0 unspecified atom stereocenters. The van der Waals surface area contributed by atoms with Crippen LogP contribution in [0.25, 0.3) is 11.1 Å². The second-order valence-corrected chi connectivity index (χ2v) is 8.96. The monoisotopic (exact) mass is 549 g/mol. The van der Waals surface area contributed by atoms with Crippen molar-refractivity contribution in [2.75, 3.05) is 10.3 Å². The average Bonchev–Trinajstić information content (AvgIpc) is 3.18. The predicted octanol–water partition coefficient (Wildman–Crippen LogP) is 6.72. The molecule has 40 heavy (non-hydrogen) atoms. The van der Waals surface area contributed by atoms with E-state index >= 15 is 0 Å². The van der Waals surface area contributed by atoms with Crippen molar-refractivity contribution in [2.24, 2.45) is 5.10 Å². The average molecular weight is 549 g/mol. The number of hydrazone groups is 1. The summed E-state index contributed by atoms with van der Waals surface area (Å²) in [5.41, 5.74) is 2.18. The molecule has 4 aromatic carbocycles. The summed E-state index contributed by atoms with van der Waals surface area (Å²) in [5, 5.41) is 24.2. The molecule has 7 nitrogen and oxygen atoms in total. The number of benzene rings is 4. The van der Waals surface area contributed by atoms with Crippen LogP contribution in [0.1, 0.15) is 27.0 Å². The van der Waals surface area contributed by atoms with Crippen LogP contribution in [-0.4, -0.2) is 27.8 Å². The van der Waals surface area contributed by atoms with Gasteiger partial charge < -0.3 is 10.2 Å². The maximum absolute atomic E-state index is 14.2. The topological polar surface area (TPSA) is 102 Å². The number of rotatable bonds is 5. The lowest BCUT2D eigenvalue weighted by molar-refractivity contribution is -0.138. The van der Waals surface area contributed by atoms with Gasteiger partial charge in [0, 0.05) is 16.8 Å². The van der Waals surface area contributed by atoms with Gasteiger partial charge in [-0.3, -0.25) is 15.1 Å². The normalized spacial score (nSPS) is 14.0. The zero-order valence-electron chi connectivity index (χ0n) is 20.6. The molecule has 0 fully saturated rings. The molecular formula is C29H19F4N3O4. The summed E-state index contributed by atoms with van der Waals surface area (Å²) in [6.45, 7) is 1.30. The highest BCUT2D eigenvalue weighted by molar-refractivity contribution is 6.55. The van der Waals surface area contributed by atoms with E-state index in [-0.39, 0.29) is 50.8 Å². The van der Waals surface area contributed by atoms with E-state index in [1.807, 2.05) is 0 Å². The van der Waals surface area contributed by atoms with Crippen LogP contribution in [0.15, 0.2) is 84.0 Å². The second-order valence-electron chi connectivity index (χ2n) is 8.96. The number of anilines is 3. The summed E-state index contributed by atoms with van der Waals surface area (Å²) in [4.78, 5) is 25.8. The standard InChI is InChI=1S/C29H19F4N3O4/c1-15-8-10-19(14-22(15)29(31,32)33)36-24-11-9-18(30)13-21(24)25(27(36)38)35-34-23-7-3-6-20(26(23)37)16-4-2-5-17(12-16)28(39)40/h2-14,34,37H,1H3,(H,39,40). The number of halogens is 4. The molecule has 0 atom stereocenters. The van der Waals surface area contributed by atoms with Gasteiger partial charge in [0.2, 0.25) is 0 Å². The molecule has 0 spiro atoms. The molecule has 0 radical (unpaired) electrons. The Hall–Kier alpha value is -5.19. The van der Waals surface area contributed by atoms with Gasteiger partial charge in [-0.25, -0.2) is 9.18 Å². The van der Waals surface area contributed by atoms with Crippen LogP contribution >= 0.6 is 0 Å². The number of aromatic carboxylic acids is 1. The van der Waals surface area contributed by atoms with Crippen LogP contribution in [0.4, 0.5) is 34.6 Å². The molecule has 1 aliphatic rings. The lowest BCUT2D eigenvalue weighted by Gasteiger charge is -2.19. The lowest BCUT2D eigenvalue weighted by atomic mass is 10.0. The molecule has 3 N–H and O–H groups in total. The number of aryl methyl sites for hydroxylation is 1. The fraction of sp³-hybridized carbons (Fsp3) is 0.0690. The Morgan fingerprint density at radius 2 is 1.70 bits per heavy atom. The molecule has 0 saturated carbocycles. The zero-order valence-corrected chi connectivity index (χ0v) is 20.6. The summed E-state index contributed by atoms with van der Waals surface area (Å²) in [6, 6.07) is 17.3. The van der Waals surface area contributed by atoms with Crippen molar-refractivity contribution in [3.05, 3.63) is 107 Å². The zero-order chi connectivity index (χ0) is 28.8. The van der Waals surface area contributed by atoms with Crippen molar-refractivity contribution in [1.29, 1.82) is 0 Å². The Labute approximate surface area is 224 Å². The quantitative estimate of drug-likeness (QED) is 0.146. The molecule has 11 heteroatoms. The number of carboxylic acid groups (broad SMARTS) is 1. The number of carbonyl (C=O) groups is 2. The molecule has 5 rings (SSSR count). The van der Waals surface area contributed by atoms with E-state index in [4.69, 9.17) is 0 Å². The van der Waals surface area contributed by atoms with Crippen LogP contribution in [0.5, 0.6) is 5.75 Å². The van der Waals surface area contributed by atoms with E-state index in [0.717, 1.165) is 23.1 Å². The van der Waals surface area contributed by atoms with Gasteiger partial charge >= 0.3 is 12.1 Å². The van der Waals surface area contributed by atoms with E-state index < -0.39 is 29.4 Å². The molecule has 202 valence electrons. The molecule has 1 amide bonds. The number of aromatic hydroxyl groups is 1. The number of carbonyl (C=O) groups excluding carboxylic acids is 1. The molecule has 1 heterocycles. The minimum atomic E-state index is -4.65. The van der Waals surface area contributed by atoms with Gasteiger partial charge in [-0.1, -0.05) is 30.3 Å². The minimum absolute atomic E-state index is 0.00979. The van der Waals surface area contributed by atoms with Gasteiger partial charge in [-0.15, -0.1) is 0 Å². The van der Waals surface area contributed by atoms with Crippen molar-refractivity contribution in [2.45, 2.75) is 13.1 Å². The number of hydrogen-bond donors (Lipinski definition) is 3. The predicted molar refractivity (Wildman–Crippen MR) is 140 cm³/mol. The second kappa shape index (κ2) is 9.84. The van der Waals surface area contributed by atoms with Crippen LogP contribution < -0.4 is 10.3 Å². The van der Waals surface area contributed by atoms with Crippen molar-refractivity contribution in [3.8, 4) is 16.9 Å². The molecule has 4 aromatic rings. The van der Waals surface area contributed by atoms with Crippen molar-refractivity contribution >= 4 is 34.7 Å². The summed E-state index contributed by atoms with van der Waals surface area (Å²) < 4.78 is 54.9. The Morgan fingerprint density at radius 3 is 2.42 bits per heavy atom. The number of para-hydroxylation sites is 1. The first-order chi connectivity index (χ1) is 19.0. The lowest BCUT2D eigenvalue weighted by Crippen LogP contribution is -2.26. The third-order valence-corrected chi connectivity index (χ3v) is 6.39. The third kappa shape index (κ3) is 4.73. The number of alkyl halides is 3. The van der Waals surface area contributed by atoms with Crippen molar-refractivity contribution in [3.63, 3.8) is 0 Å². The number of fused-ring (bicyclic) bond motifs is 1. The van der Waals surface area contributed by atoms with Crippen molar-refractivity contribution < 1.29 is 37.4 Å². The van der Waals surface area contributed by atoms with E-state index in [0.29, 0.717) is 5.56 Å². The molecule has 0 saturated heterocycles. The van der Waals surface area contributed by atoms with E-state index in [1.54, 1.807) is 18.2 Å². The van der Waals surface area contributed by atoms with Crippen LogP contribution in [0.2, 0.25) is 0 Å². The van der Waals surface area contributed by atoms with E-state index in [9.17, 15) is 37.4 Å². The number of nitrogens with zero attached hydrogens (tertiary/aromatic N) is 2. The summed E-state index contributed by atoms with van der Waals surface area (Å²) in [7, 11) is 0. The number of phenols is 1. The number of nitrogens with one attached hydrogen (secondary N) is 1. The fourth-order valence-corrected chi connectivity index (χ4v) is 4.44. The maximum atomic E-state index is 14.2. The number of hydrogen-bond acceptors (Lipinski definition) is 5. The molecule has 0 bridgehead atoms. The van der Waals surface area contributed by atoms with Gasteiger partial charge in [0.05, 0.1) is 22.5 Å². The van der Waals surface area contributed by atoms with Gasteiger partial charge in [0.15, 0.2) is 5.71 Å². The maximum Gasteiger partial charge on any atom is 0.416 e. The highest BCUT2D eigenvalue weighted by Crippen LogP contribution is 2.41. The highest BCUT2D eigenvalue weighted by atomic mass is 19.4. The first-order valence-corrected chi connectivity index (χ1v) is 11.8. The Bertz CT molecular complexity index is 1720. The van der Waals surface area contributed by atoms with Gasteiger partial charge in [-0.2, -0.15) is 18.3 Å². The van der Waals surface area contributed by atoms with Crippen LogP contribution in [0, 0.1) is 12.7 Å². The van der Waals surface area contributed by atoms with Crippen molar-refractivity contribution in [1.82, 2.24) is 0 Å². The number of phenolic OH excluding ortho intramolecular Hbond substituents is 1.